The second-order valence-electron chi connectivity index (χ2n) is 8.74. The Hall–Kier alpha value is -4.59. The smallest absolute Gasteiger partial charge is 0.257 e. The highest BCUT2D eigenvalue weighted by atomic mass is 16.5. The van der Waals surface area contributed by atoms with Crippen molar-refractivity contribution in [2.24, 2.45) is 0 Å². The number of methoxy groups -OCH3 is 1. The zero-order chi connectivity index (χ0) is 25.2. The van der Waals surface area contributed by atoms with Crippen LogP contribution in [0.2, 0.25) is 0 Å². The van der Waals surface area contributed by atoms with Crippen LogP contribution in [-0.2, 0) is 6.42 Å². The normalized spacial score (nSPS) is 11.1. The van der Waals surface area contributed by atoms with E-state index in [0.29, 0.717) is 41.0 Å². The maximum Gasteiger partial charge on any atom is 0.257 e. The van der Waals surface area contributed by atoms with Crippen LogP contribution in [0.3, 0.4) is 0 Å². The number of hydrogen-bond acceptors (Lipinski definition) is 6. The van der Waals surface area contributed by atoms with Gasteiger partial charge in [-0.3, -0.25) is 9.36 Å². The first-order chi connectivity index (χ1) is 17.5. The van der Waals surface area contributed by atoms with Crippen LogP contribution >= 0.6 is 0 Å². The number of hydrogen-bond donors (Lipinski definition) is 2. The number of ether oxygens (including phenoxy) is 1. The predicted molar refractivity (Wildman–Crippen MR) is 144 cm³/mol. The minimum absolute atomic E-state index is 0.278. The van der Waals surface area contributed by atoms with Gasteiger partial charge in [-0.2, -0.15) is 0 Å². The molecule has 0 bridgehead atoms. The molecule has 3 aromatic carbocycles. The number of amides is 1. The molecule has 2 heterocycles. The number of carbonyl (C=O) groups excluding carboxylic acids is 1. The fraction of sp³-hybridized carbons (Fsp3) is 0.179. The van der Waals surface area contributed by atoms with Gasteiger partial charge >= 0.3 is 0 Å². The quantitative estimate of drug-likeness (QED) is 0.362. The number of fused-ring (bicyclic) bond motifs is 2. The van der Waals surface area contributed by atoms with Crippen molar-refractivity contribution < 1.29 is 9.53 Å². The van der Waals surface area contributed by atoms with E-state index in [4.69, 9.17) is 20.4 Å². The molecule has 0 unspecified atom stereocenters. The summed E-state index contributed by atoms with van der Waals surface area (Å²) in [6.07, 6.45) is 0.675. The van der Waals surface area contributed by atoms with Crippen molar-refractivity contribution in [1.82, 2.24) is 19.9 Å². The van der Waals surface area contributed by atoms with E-state index < -0.39 is 0 Å². The summed E-state index contributed by atoms with van der Waals surface area (Å²) < 4.78 is 7.01. The Balaban J connectivity index is 1.52. The average molecular weight is 481 g/mol. The molecular formula is C28H28N6O2. The van der Waals surface area contributed by atoms with E-state index >= 15 is 0 Å². The molecule has 0 saturated heterocycles. The summed E-state index contributed by atoms with van der Waals surface area (Å²) >= 11 is 0. The Labute approximate surface area is 209 Å². The van der Waals surface area contributed by atoms with Gasteiger partial charge in [0.15, 0.2) is 5.65 Å². The molecule has 0 spiro atoms. The van der Waals surface area contributed by atoms with Gasteiger partial charge in [0, 0.05) is 32.0 Å². The van der Waals surface area contributed by atoms with E-state index in [1.54, 1.807) is 11.7 Å². The number of rotatable bonds is 7. The summed E-state index contributed by atoms with van der Waals surface area (Å²) in [5, 5.41) is 3.01. The molecule has 8 heteroatoms. The summed E-state index contributed by atoms with van der Waals surface area (Å²) in [7, 11) is 5.61. The number of aromatic nitrogens is 3. The van der Waals surface area contributed by atoms with Gasteiger partial charge in [-0.15, -0.1) is 0 Å². The molecule has 8 nitrogen and oxygen atoms in total. The maximum atomic E-state index is 13.4. The maximum absolute atomic E-state index is 13.4. The number of carbonyl (C=O) groups is 1. The van der Waals surface area contributed by atoms with Crippen LogP contribution in [-0.4, -0.2) is 48.2 Å². The molecule has 2 aromatic heterocycles. The molecule has 182 valence electrons. The third-order valence-electron chi connectivity index (χ3n) is 6.21. The number of nitrogens with two attached hydrogens (primary N) is 1. The van der Waals surface area contributed by atoms with Gasteiger partial charge in [0.2, 0.25) is 0 Å². The summed E-state index contributed by atoms with van der Waals surface area (Å²) in [6, 6.07) is 23.3. The molecule has 1 amide bonds. The first-order valence-corrected chi connectivity index (χ1v) is 11.7. The van der Waals surface area contributed by atoms with Crippen molar-refractivity contribution in [3.05, 3.63) is 83.9 Å². The minimum Gasteiger partial charge on any atom is -0.497 e. The number of benzene rings is 3. The highest BCUT2D eigenvalue weighted by Gasteiger charge is 2.24. The van der Waals surface area contributed by atoms with E-state index in [1.165, 1.54) is 0 Å². The van der Waals surface area contributed by atoms with Gasteiger partial charge < -0.3 is 20.7 Å². The van der Waals surface area contributed by atoms with Crippen LogP contribution in [0.5, 0.6) is 5.75 Å². The average Bonchev–Trinajstić information content (AvgIpc) is 3.18. The Morgan fingerprint density at radius 2 is 1.64 bits per heavy atom. The molecule has 5 rings (SSSR count). The molecule has 0 saturated carbocycles. The molecule has 0 aliphatic carbocycles. The molecular weight excluding hydrogens is 452 g/mol. The van der Waals surface area contributed by atoms with Crippen LogP contribution in [0, 0.1) is 0 Å². The van der Waals surface area contributed by atoms with Gasteiger partial charge in [-0.05, 0) is 60.5 Å². The molecule has 36 heavy (non-hydrogen) atoms. The predicted octanol–water partition coefficient (Wildman–Crippen LogP) is 4.20. The minimum atomic E-state index is -0.278. The molecule has 0 aliphatic heterocycles. The van der Waals surface area contributed by atoms with Crippen molar-refractivity contribution in [3.63, 3.8) is 0 Å². The lowest BCUT2D eigenvalue weighted by atomic mass is 10.1. The van der Waals surface area contributed by atoms with Gasteiger partial charge in [0.05, 0.1) is 18.1 Å². The van der Waals surface area contributed by atoms with Gasteiger partial charge in [0.25, 0.3) is 5.91 Å². The van der Waals surface area contributed by atoms with Crippen molar-refractivity contribution in [2.45, 2.75) is 6.42 Å². The van der Waals surface area contributed by atoms with Gasteiger partial charge in [-0.25, -0.2) is 9.97 Å². The van der Waals surface area contributed by atoms with Crippen LogP contribution in [0.1, 0.15) is 15.9 Å². The van der Waals surface area contributed by atoms with E-state index in [2.05, 4.69) is 5.32 Å². The lowest BCUT2D eigenvalue weighted by Gasteiger charge is -2.14. The summed E-state index contributed by atoms with van der Waals surface area (Å²) in [6.45, 7) is 0.454. The number of nitrogens with one attached hydrogen (secondary N) is 1. The Bertz CT molecular complexity index is 1540. The topological polar surface area (TPSA) is 98.3 Å². The van der Waals surface area contributed by atoms with Crippen molar-refractivity contribution >= 4 is 39.6 Å². The Morgan fingerprint density at radius 1 is 0.972 bits per heavy atom. The number of nitrogens with zero attached hydrogens (tertiary/aromatic N) is 4. The summed E-state index contributed by atoms with van der Waals surface area (Å²) in [5.41, 5.74) is 12.4. The van der Waals surface area contributed by atoms with E-state index in [1.807, 2.05) is 91.8 Å². The van der Waals surface area contributed by atoms with Crippen molar-refractivity contribution in [2.75, 3.05) is 38.4 Å². The Kier molecular flexibility index (Phi) is 6.16. The zero-order valence-electron chi connectivity index (χ0n) is 20.5. The van der Waals surface area contributed by atoms with Crippen LogP contribution in [0.15, 0.2) is 72.8 Å². The van der Waals surface area contributed by atoms with Gasteiger partial charge in [0.1, 0.15) is 22.6 Å². The zero-order valence-corrected chi connectivity index (χ0v) is 20.5. The monoisotopic (exact) mass is 480 g/mol. The van der Waals surface area contributed by atoms with Crippen LogP contribution < -0.4 is 20.7 Å². The number of anilines is 2. The third-order valence-corrected chi connectivity index (χ3v) is 6.21. The number of nitrogen functional groups attached to an aromatic ring is 1. The lowest BCUT2D eigenvalue weighted by molar-refractivity contribution is 0.0956. The highest BCUT2D eigenvalue weighted by molar-refractivity contribution is 6.11. The first kappa shape index (κ1) is 23.2. The fourth-order valence-corrected chi connectivity index (χ4v) is 4.25. The Morgan fingerprint density at radius 3 is 2.28 bits per heavy atom. The summed E-state index contributed by atoms with van der Waals surface area (Å²) in [5.74, 6) is 0.826. The number of para-hydroxylation sites is 2. The molecule has 0 atom stereocenters. The second kappa shape index (κ2) is 9.58. The highest BCUT2D eigenvalue weighted by Crippen LogP contribution is 2.31. The molecule has 0 aliphatic rings. The van der Waals surface area contributed by atoms with E-state index in [0.717, 1.165) is 28.2 Å². The first-order valence-electron chi connectivity index (χ1n) is 11.7. The van der Waals surface area contributed by atoms with Gasteiger partial charge in [-0.1, -0.05) is 24.3 Å². The van der Waals surface area contributed by atoms with Crippen molar-refractivity contribution in [1.29, 1.82) is 0 Å². The molecule has 0 fully saturated rings. The van der Waals surface area contributed by atoms with E-state index in [-0.39, 0.29) is 5.91 Å². The van der Waals surface area contributed by atoms with Crippen molar-refractivity contribution in [3.8, 4) is 11.4 Å². The second-order valence-corrected chi connectivity index (χ2v) is 8.74. The molecule has 5 aromatic rings. The SMILES string of the molecule is COc1ccc(CCNC(=O)c2c(N)n(-c3ccc(N(C)C)cc3)c3nc4ccccc4nc23)cc1. The third kappa shape index (κ3) is 4.29. The summed E-state index contributed by atoms with van der Waals surface area (Å²) in [4.78, 5) is 25.0. The molecule has 3 N–H and O–H groups in total. The largest absolute Gasteiger partial charge is 0.497 e. The van der Waals surface area contributed by atoms with E-state index in [9.17, 15) is 4.79 Å². The van der Waals surface area contributed by atoms with Crippen LogP contribution in [0.25, 0.3) is 27.9 Å². The lowest BCUT2D eigenvalue weighted by Crippen LogP contribution is -2.26. The fourth-order valence-electron chi connectivity index (χ4n) is 4.25. The van der Waals surface area contributed by atoms with Crippen LogP contribution in [0.4, 0.5) is 11.5 Å². The standard InChI is InChI=1S/C28H28N6O2/c1-33(2)19-10-12-20(13-11-19)34-26(29)24(25-27(34)32-23-7-5-4-6-22(23)31-25)28(35)30-17-16-18-8-14-21(36-3)15-9-18/h4-15H,16-17,29H2,1-3H3,(H,30,35). The molecule has 0 radical (unpaired) electrons.